The van der Waals surface area contributed by atoms with Gasteiger partial charge in [-0.05, 0) is 54.7 Å². The zero-order valence-electron chi connectivity index (χ0n) is 21.6. The van der Waals surface area contributed by atoms with Crippen molar-refractivity contribution in [3.8, 4) is 0 Å². The number of hydrogen-bond donors (Lipinski definition) is 1. The monoisotopic (exact) mass is 621 g/mol. The van der Waals surface area contributed by atoms with Gasteiger partial charge in [0.1, 0.15) is 0 Å². The largest absolute Gasteiger partial charge is 0.416 e. The third-order valence-corrected chi connectivity index (χ3v) is 10.1. The Morgan fingerprint density at radius 3 is 2.20 bits per heavy atom. The summed E-state index contributed by atoms with van der Waals surface area (Å²) in [4.78, 5) is 14.0. The number of benzene rings is 2. The van der Waals surface area contributed by atoms with Gasteiger partial charge in [-0.15, -0.1) is 0 Å². The summed E-state index contributed by atoms with van der Waals surface area (Å²) in [5.74, 6) is -4.73. The molecule has 2 heterocycles. The topological polar surface area (TPSA) is 104 Å². The minimum atomic E-state index is -4.55. The fraction of sp³-hybridized carbons (Fsp3) is 0.423. The molecule has 1 amide bonds. The van der Waals surface area contributed by atoms with Crippen LogP contribution >= 0.6 is 0 Å². The first kappa shape index (κ1) is 31.1. The van der Waals surface area contributed by atoms with E-state index in [2.05, 4.69) is 11.3 Å². The Balaban J connectivity index is 1.57. The summed E-state index contributed by atoms with van der Waals surface area (Å²) in [7, 11) is -7.81. The molecule has 4 rings (SSSR count). The molecule has 1 N–H and O–H groups in total. The van der Waals surface area contributed by atoms with Crippen LogP contribution in [-0.2, 0) is 37.4 Å². The van der Waals surface area contributed by atoms with Crippen LogP contribution in [0.3, 0.4) is 0 Å². The zero-order chi connectivity index (χ0) is 30.2. The summed E-state index contributed by atoms with van der Waals surface area (Å²) in [5, 5.41) is 0.725. The standard InChI is InChI=1S/C26H28F5N3O5S2/c1-2-40(36,37)32-15-21-4-3-13-34(21)41(38,39)22-11-7-19(8-12-22)23(24(35)33-16-25(27,28)17-33)14-18-5-9-20(10-6-18)26(29,30)31/h2,5-12,21,23,32H,1,3-4,13-17H2/t21-,23?/m0/s1. The molecule has 2 aromatic carbocycles. The maximum absolute atomic E-state index is 13.5. The van der Waals surface area contributed by atoms with Gasteiger partial charge in [-0.1, -0.05) is 30.8 Å². The first-order valence-corrected chi connectivity index (χ1v) is 15.6. The van der Waals surface area contributed by atoms with Crippen LogP contribution in [0.15, 0.2) is 65.4 Å². The van der Waals surface area contributed by atoms with E-state index in [9.17, 15) is 43.6 Å². The molecule has 2 aliphatic rings. The van der Waals surface area contributed by atoms with Crippen LogP contribution in [0.25, 0.3) is 0 Å². The van der Waals surface area contributed by atoms with E-state index in [0.717, 1.165) is 22.4 Å². The molecule has 1 unspecified atom stereocenters. The second-order valence-electron chi connectivity index (χ2n) is 10.0. The number of amides is 1. The fourth-order valence-electron chi connectivity index (χ4n) is 4.91. The van der Waals surface area contributed by atoms with Gasteiger partial charge in [0.2, 0.25) is 26.0 Å². The molecule has 2 fully saturated rings. The first-order chi connectivity index (χ1) is 19.0. The van der Waals surface area contributed by atoms with Gasteiger partial charge in [0.25, 0.3) is 5.92 Å². The molecule has 0 spiro atoms. The van der Waals surface area contributed by atoms with Crippen molar-refractivity contribution in [3.63, 3.8) is 0 Å². The quantitative estimate of drug-likeness (QED) is 0.408. The van der Waals surface area contributed by atoms with Crippen molar-refractivity contribution in [2.24, 2.45) is 0 Å². The number of carbonyl (C=O) groups is 1. The predicted molar refractivity (Wildman–Crippen MR) is 140 cm³/mol. The summed E-state index contributed by atoms with van der Waals surface area (Å²) in [5.41, 5.74) is -0.207. The number of nitrogens with one attached hydrogen (secondary N) is 1. The number of hydrogen-bond acceptors (Lipinski definition) is 5. The molecule has 0 radical (unpaired) electrons. The summed E-state index contributed by atoms with van der Waals surface area (Å²) in [6.45, 7) is 1.66. The highest BCUT2D eigenvalue weighted by molar-refractivity contribution is 7.92. The smallest absolute Gasteiger partial charge is 0.330 e. The van der Waals surface area contributed by atoms with E-state index in [0.29, 0.717) is 24.0 Å². The van der Waals surface area contributed by atoms with E-state index in [1.807, 2.05) is 0 Å². The number of halogens is 5. The molecule has 2 aromatic rings. The van der Waals surface area contributed by atoms with E-state index in [1.54, 1.807) is 0 Å². The first-order valence-electron chi connectivity index (χ1n) is 12.6. The minimum Gasteiger partial charge on any atom is -0.330 e. The maximum Gasteiger partial charge on any atom is 0.416 e. The van der Waals surface area contributed by atoms with E-state index >= 15 is 0 Å². The van der Waals surface area contributed by atoms with Gasteiger partial charge in [0, 0.05) is 24.5 Å². The summed E-state index contributed by atoms with van der Waals surface area (Å²) >= 11 is 0. The molecule has 41 heavy (non-hydrogen) atoms. The molecule has 224 valence electrons. The van der Waals surface area contributed by atoms with Gasteiger partial charge in [-0.3, -0.25) is 4.79 Å². The van der Waals surface area contributed by atoms with Crippen molar-refractivity contribution < 1.29 is 43.6 Å². The molecule has 2 saturated heterocycles. The van der Waals surface area contributed by atoms with Crippen molar-refractivity contribution in [1.29, 1.82) is 0 Å². The van der Waals surface area contributed by atoms with Crippen LogP contribution in [0, 0.1) is 0 Å². The molecule has 8 nitrogen and oxygen atoms in total. The van der Waals surface area contributed by atoms with Gasteiger partial charge in [-0.2, -0.15) is 17.5 Å². The fourth-order valence-corrected chi connectivity index (χ4v) is 7.15. The third-order valence-electron chi connectivity index (χ3n) is 7.13. The molecule has 0 aromatic heterocycles. The second-order valence-corrected chi connectivity index (χ2v) is 13.6. The van der Waals surface area contributed by atoms with Gasteiger partial charge in [0.05, 0.1) is 29.5 Å². The number of likely N-dealkylation sites (tertiary alicyclic amines) is 1. The highest BCUT2D eigenvalue weighted by atomic mass is 32.2. The number of carbonyl (C=O) groups excluding carboxylic acids is 1. The lowest BCUT2D eigenvalue weighted by atomic mass is 9.89. The van der Waals surface area contributed by atoms with Crippen molar-refractivity contribution in [2.75, 3.05) is 26.2 Å². The summed E-state index contributed by atoms with van der Waals surface area (Å²) in [6.07, 6.45) is -3.70. The summed E-state index contributed by atoms with van der Waals surface area (Å²) < 4.78 is 120. The Labute approximate surface area is 234 Å². The lowest BCUT2D eigenvalue weighted by molar-refractivity contribution is -0.167. The van der Waals surface area contributed by atoms with Crippen molar-refractivity contribution in [2.45, 2.75) is 48.2 Å². The molecule has 0 bridgehead atoms. The molecule has 15 heteroatoms. The number of alkyl halides is 5. The van der Waals surface area contributed by atoms with E-state index < -0.39 is 68.7 Å². The summed E-state index contributed by atoms with van der Waals surface area (Å²) in [6, 6.07) is 8.82. The van der Waals surface area contributed by atoms with Crippen LogP contribution in [0.5, 0.6) is 0 Å². The SMILES string of the molecule is C=CS(=O)(=O)NC[C@@H]1CCCN1S(=O)(=O)c1ccc(C(Cc2ccc(C(F)(F)F)cc2)C(=O)N2CC(F)(F)C2)cc1. The van der Waals surface area contributed by atoms with Crippen molar-refractivity contribution in [1.82, 2.24) is 13.9 Å². The average molecular weight is 622 g/mol. The normalized spacial score (nSPS) is 20.4. The highest BCUT2D eigenvalue weighted by Crippen LogP contribution is 2.34. The Kier molecular flexibility index (Phi) is 8.65. The van der Waals surface area contributed by atoms with Gasteiger partial charge < -0.3 is 4.90 Å². The number of rotatable bonds is 10. The molecule has 0 saturated carbocycles. The van der Waals surface area contributed by atoms with Crippen LogP contribution in [0.2, 0.25) is 0 Å². The maximum atomic E-state index is 13.5. The Morgan fingerprint density at radius 2 is 1.66 bits per heavy atom. The Morgan fingerprint density at radius 1 is 1.05 bits per heavy atom. The Hall–Kier alpha value is -2.88. The lowest BCUT2D eigenvalue weighted by Gasteiger charge is -2.40. The molecule has 0 aliphatic carbocycles. The number of nitrogens with zero attached hydrogens (tertiary/aromatic N) is 2. The zero-order valence-corrected chi connectivity index (χ0v) is 23.3. The van der Waals surface area contributed by atoms with Crippen LogP contribution in [0.4, 0.5) is 22.0 Å². The average Bonchev–Trinajstić information content (AvgIpc) is 3.39. The number of sulfonamides is 2. The molecule has 2 aliphatic heterocycles. The van der Waals surface area contributed by atoms with Crippen molar-refractivity contribution >= 4 is 26.0 Å². The van der Waals surface area contributed by atoms with Crippen LogP contribution < -0.4 is 4.72 Å². The van der Waals surface area contributed by atoms with E-state index in [-0.39, 0.29) is 24.4 Å². The molecular weight excluding hydrogens is 593 g/mol. The van der Waals surface area contributed by atoms with Gasteiger partial charge in [0.15, 0.2) is 0 Å². The van der Waals surface area contributed by atoms with Gasteiger partial charge in [-0.25, -0.2) is 30.3 Å². The van der Waals surface area contributed by atoms with Gasteiger partial charge >= 0.3 is 6.18 Å². The highest BCUT2D eigenvalue weighted by Gasteiger charge is 2.48. The van der Waals surface area contributed by atoms with Crippen molar-refractivity contribution in [3.05, 3.63) is 77.2 Å². The Bertz CT molecular complexity index is 1490. The predicted octanol–water partition coefficient (Wildman–Crippen LogP) is 3.73. The van der Waals surface area contributed by atoms with Crippen LogP contribution in [-0.4, -0.2) is 70.1 Å². The van der Waals surface area contributed by atoms with Crippen LogP contribution in [0.1, 0.15) is 35.4 Å². The second kappa shape index (κ2) is 11.4. The lowest BCUT2D eigenvalue weighted by Crippen LogP contribution is -2.59. The molecule has 2 atom stereocenters. The third kappa shape index (κ3) is 7.13. The minimum absolute atomic E-state index is 0.0945. The van der Waals surface area contributed by atoms with E-state index in [1.165, 1.54) is 40.7 Å². The van der Waals surface area contributed by atoms with E-state index in [4.69, 9.17) is 0 Å². The molecular formula is C26H28F5N3O5S2.